The highest BCUT2D eigenvalue weighted by Gasteiger charge is 2.40. The van der Waals surface area contributed by atoms with Gasteiger partial charge in [-0.25, -0.2) is 18.4 Å². The predicted octanol–water partition coefficient (Wildman–Crippen LogP) is 2.13. The van der Waals surface area contributed by atoms with Crippen LogP contribution in [0.5, 0.6) is 0 Å². The third-order valence-electron chi connectivity index (χ3n) is 5.01. The normalized spacial score (nSPS) is 20.6. The van der Waals surface area contributed by atoms with Gasteiger partial charge in [-0.05, 0) is 12.5 Å². The first-order valence-electron chi connectivity index (χ1n) is 9.11. The molecule has 1 aliphatic heterocycles. The maximum Gasteiger partial charge on any atom is 0.262 e. The van der Waals surface area contributed by atoms with E-state index in [0.717, 1.165) is 16.3 Å². The maximum atomic E-state index is 13.1. The number of thiazole rings is 1. The number of nitrogens with one attached hydrogen (secondary N) is 1. The maximum absolute atomic E-state index is 13.1. The Morgan fingerprint density at radius 3 is 2.68 bits per heavy atom. The minimum Gasteiger partial charge on any atom is -0.339 e. The summed E-state index contributed by atoms with van der Waals surface area (Å²) in [6.45, 7) is 3.44. The first-order chi connectivity index (χ1) is 13.4. The number of benzene rings is 1. The second kappa shape index (κ2) is 7.75. The summed E-state index contributed by atoms with van der Waals surface area (Å²) in [6, 6.07) is 10.1. The molecule has 1 fully saturated rings. The zero-order valence-electron chi connectivity index (χ0n) is 15.8. The molecule has 3 heterocycles. The Morgan fingerprint density at radius 2 is 2.04 bits per heavy atom. The van der Waals surface area contributed by atoms with Crippen molar-refractivity contribution in [2.45, 2.75) is 30.5 Å². The fraction of sp³-hybridized carbons (Fsp3) is 0.368. The number of hydrogen-bond donors (Lipinski definition) is 1. The van der Waals surface area contributed by atoms with Crippen LogP contribution in [0.15, 0.2) is 53.3 Å². The van der Waals surface area contributed by atoms with Crippen LogP contribution < -0.4 is 5.32 Å². The zero-order chi connectivity index (χ0) is 19.7. The lowest BCUT2D eigenvalue weighted by Gasteiger charge is -2.19. The third kappa shape index (κ3) is 3.88. The Bertz CT molecular complexity index is 1050. The van der Waals surface area contributed by atoms with E-state index in [1.54, 1.807) is 29.1 Å². The lowest BCUT2D eigenvalue weighted by atomic mass is 9.94. The molecule has 0 saturated carbocycles. The molecule has 4 rings (SSSR count). The summed E-state index contributed by atoms with van der Waals surface area (Å²) in [4.78, 5) is 8.55. The van der Waals surface area contributed by atoms with Gasteiger partial charge >= 0.3 is 0 Å². The Balaban J connectivity index is 1.57. The van der Waals surface area contributed by atoms with Crippen LogP contribution in [0.25, 0.3) is 0 Å². The fourth-order valence-corrected chi connectivity index (χ4v) is 5.66. The van der Waals surface area contributed by atoms with Crippen LogP contribution in [-0.2, 0) is 23.6 Å². The van der Waals surface area contributed by atoms with Gasteiger partial charge in [0.1, 0.15) is 0 Å². The van der Waals surface area contributed by atoms with Crippen molar-refractivity contribution in [1.82, 2.24) is 24.2 Å². The van der Waals surface area contributed by atoms with Gasteiger partial charge in [-0.1, -0.05) is 30.3 Å². The van der Waals surface area contributed by atoms with E-state index in [1.807, 2.05) is 30.5 Å². The summed E-state index contributed by atoms with van der Waals surface area (Å²) in [5, 5.41) is 6.69. The van der Waals surface area contributed by atoms with Crippen LogP contribution in [0.1, 0.15) is 22.2 Å². The molecule has 0 amide bonds. The van der Waals surface area contributed by atoms with Crippen molar-refractivity contribution < 1.29 is 8.42 Å². The average molecular weight is 418 g/mol. The number of imidazole rings is 1. The largest absolute Gasteiger partial charge is 0.339 e. The Labute approximate surface area is 169 Å². The highest BCUT2D eigenvalue weighted by Crippen LogP contribution is 2.31. The first-order valence-corrected chi connectivity index (χ1v) is 11.4. The van der Waals surface area contributed by atoms with Gasteiger partial charge < -0.3 is 9.88 Å². The molecule has 0 unspecified atom stereocenters. The second-order valence-electron chi connectivity index (χ2n) is 7.06. The smallest absolute Gasteiger partial charge is 0.262 e. The van der Waals surface area contributed by atoms with Gasteiger partial charge in [-0.3, -0.25) is 0 Å². The molecule has 0 bridgehead atoms. The van der Waals surface area contributed by atoms with Crippen LogP contribution in [-0.4, -0.2) is 46.4 Å². The molecule has 28 heavy (non-hydrogen) atoms. The third-order valence-corrected chi connectivity index (χ3v) is 7.55. The van der Waals surface area contributed by atoms with Crippen LogP contribution in [0.4, 0.5) is 0 Å². The van der Waals surface area contributed by atoms with Crippen LogP contribution in [0.3, 0.4) is 0 Å². The molecule has 1 N–H and O–H groups in total. The zero-order valence-corrected chi connectivity index (χ0v) is 17.4. The first kappa shape index (κ1) is 19.3. The molecule has 1 saturated heterocycles. The highest BCUT2D eigenvalue weighted by molar-refractivity contribution is 7.89. The van der Waals surface area contributed by atoms with Crippen molar-refractivity contribution in [3.05, 3.63) is 64.5 Å². The van der Waals surface area contributed by atoms with Gasteiger partial charge in [0.25, 0.3) is 10.0 Å². The molecule has 1 aliphatic rings. The van der Waals surface area contributed by atoms with Crippen molar-refractivity contribution in [3.63, 3.8) is 0 Å². The molecule has 0 spiro atoms. The molecule has 2 atom stereocenters. The molecule has 7 nitrogen and oxygen atoms in total. The van der Waals surface area contributed by atoms with Gasteiger partial charge in [0.05, 0.1) is 17.0 Å². The highest BCUT2D eigenvalue weighted by atomic mass is 32.2. The van der Waals surface area contributed by atoms with E-state index in [2.05, 4.69) is 27.4 Å². The van der Waals surface area contributed by atoms with E-state index >= 15 is 0 Å². The van der Waals surface area contributed by atoms with Crippen molar-refractivity contribution >= 4 is 21.4 Å². The van der Waals surface area contributed by atoms with Crippen LogP contribution >= 0.6 is 11.3 Å². The summed E-state index contributed by atoms with van der Waals surface area (Å²) in [7, 11) is -1.86. The topological polar surface area (TPSA) is 80.1 Å². The quantitative estimate of drug-likeness (QED) is 0.665. The lowest BCUT2D eigenvalue weighted by molar-refractivity contribution is 0.453. The van der Waals surface area contributed by atoms with Crippen LogP contribution in [0.2, 0.25) is 0 Å². The summed E-state index contributed by atoms with van der Waals surface area (Å²) in [5.41, 5.74) is 2.12. The molecule has 2 aromatic heterocycles. The van der Waals surface area contributed by atoms with E-state index in [4.69, 9.17) is 0 Å². The molecular weight excluding hydrogens is 394 g/mol. The van der Waals surface area contributed by atoms with Gasteiger partial charge in [-0.15, -0.1) is 11.3 Å². The number of aryl methyl sites for hydroxylation is 2. The molecule has 9 heteroatoms. The number of rotatable bonds is 6. The summed E-state index contributed by atoms with van der Waals surface area (Å²) in [6.07, 6.45) is 3.06. The summed E-state index contributed by atoms with van der Waals surface area (Å²) in [5.74, 6) is 0.0689. The Morgan fingerprint density at radius 1 is 1.25 bits per heavy atom. The summed E-state index contributed by atoms with van der Waals surface area (Å²) >= 11 is 1.62. The van der Waals surface area contributed by atoms with Crippen molar-refractivity contribution in [1.29, 1.82) is 0 Å². The fourth-order valence-electron chi connectivity index (χ4n) is 3.59. The van der Waals surface area contributed by atoms with Crippen molar-refractivity contribution in [3.8, 4) is 0 Å². The van der Waals surface area contributed by atoms with Gasteiger partial charge in [0, 0.05) is 50.2 Å². The van der Waals surface area contributed by atoms with Crippen molar-refractivity contribution in [2.24, 2.45) is 7.05 Å². The Kier molecular flexibility index (Phi) is 5.33. The lowest BCUT2D eigenvalue weighted by Crippen LogP contribution is -2.36. The van der Waals surface area contributed by atoms with E-state index in [9.17, 15) is 8.42 Å². The van der Waals surface area contributed by atoms with Gasteiger partial charge in [-0.2, -0.15) is 4.31 Å². The second-order valence-corrected chi connectivity index (χ2v) is 10.0. The van der Waals surface area contributed by atoms with E-state index in [-0.39, 0.29) is 17.0 Å². The molecule has 1 aromatic carbocycles. The molecule has 0 aliphatic carbocycles. The van der Waals surface area contributed by atoms with Crippen molar-refractivity contribution in [2.75, 3.05) is 13.1 Å². The SMILES string of the molecule is Cc1nc(CN[C@H]2CN(S(=O)(=O)c3cn(C)cn3)C[C@@H]2c2ccccc2)cs1. The predicted molar refractivity (Wildman–Crippen MR) is 109 cm³/mol. The number of sulfonamides is 1. The van der Waals surface area contributed by atoms with Crippen LogP contribution in [0, 0.1) is 6.92 Å². The number of nitrogens with zero attached hydrogens (tertiary/aromatic N) is 4. The van der Waals surface area contributed by atoms with E-state index < -0.39 is 10.0 Å². The average Bonchev–Trinajstić information content (AvgIpc) is 3.40. The molecular formula is C19H23N5O2S2. The Hall–Kier alpha value is -2.07. The number of hydrogen-bond acceptors (Lipinski definition) is 6. The number of aromatic nitrogens is 3. The van der Waals surface area contributed by atoms with E-state index in [1.165, 1.54) is 10.6 Å². The summed E-state index contributed by atoms with van der Waals surface area (Å²) < 4.78 is 29.3. The molecule has 3 aromatic rings. The van der Waals surface area contributed by atoms with E-state index in [0.29, 0.717) is 19.6 Å². The standard InChI is InChI=1S/C19H23N5O2S2/c1-14-22-16(12-27-14)8-20-18-10-24(9-17(18)15-6-4-3-5-7-15)28(25,26)19-11-23(2)13-21-19/h3-7,11-13,17-18,20H,8-10H2,1-2H3/t17-,18+/m1/s1. The minimum absolute atomic E-state index is 0.00268. The monoisotopic (exact) mass is 417 g/mol. The van der Waals surface area contributed by atoms with Gasteiger partial charge in [0.2, 0.25) is 0 Å². The molecule has 148 valence electrons. The molecule has 0 radical (unpaired) electrons. The minimum atomic E-state index is -3.62. The van der Waals surface area contributed by atoms with Gasteiger partial charge in [0.15, 0.2) is 5.03 Å².